The van der Waals surface area contributed by atoms with Crippen LogP contribution in [0.5, 0.6) is 0 Å². The molecule has 0 saturated carbocycles. The third-order valence-corrected chi connectivity index (χ3v) is 2.21. The first-order chi connectivity index (χ1) is 7.83. The van der Waals surface area contributed by atoms with Crippen LogP contribution in [-0.4, -0.2) is 29.9 Å². The zero-order chi connectivity index (χ0) is 11.0. The molecule has 0 spiro atoms. The molecule has 16 heavy (non-hydrogen) atoms. The molecule has 0 aromatic carbocycles. The van der Waals surface area contributed by atoms with Gasteiger partial charge in [0, 0.05) is 19.3 Å². The summed E-state index contributed by atoms with van der Waals surface area (Å²) in [7, 11) is 1.86. The van der Waals surface area contributed by atoms with E-state index in [0.29, 0.717) is 11.5 Å². The first kappa shape index (κ1) is 8.84. The van der Waals surface area contributed by atoms with Gasteiger partial charge in [0.1, 0.15) is 12.1 Å². The van der Waals surface area contributed by atoms with E-state index in [9.17, 15) is 0 Å². The average molecular weight is 215 g/mol. The molecule has 0 unspecified atom stereocenters. The Bertz CT molecular complexity index is 623. The molecule has 0 aliphatic heterocycles. The molecule has 2 N–H and O–H groups in total. The fourth-order valence-electron chi connectivity index (χ4n) is 1.47. The SMILES string of the molecule is Cn1ccc(Nc2ncnc3[nH]ncc23)n1. The predicted octanol–water partition coefficient (Wildman–Crippen LogP) is 0.830. The quantitative estimate of drug-likeness (QED) is 0.661. The third-order valence-electron chi connectivity index (χ3n) is 2.21. The number of aromatic nitrogens is 6. The Labute approximate surface area is 90.5 Å². The van der Waals surface area contributed by atoms with Crippen LogP contribution in [0.1, 0.15) is 0 Å². The maximum Gasteiger partial charge on any atom is 0.160 e. The average Bonchev–Trinajstić information content (AvgIpc) is 2.87. The van der Waals surface area contributed by atoms with E-state index < -0.39 is 0 Å². The fourth-order valence-corrected chi connectivity index (χ4v) is 1.47. The molecule has 3 rings (SSSR count). The highest BCUT2D eigenvalue weighted by Gasteiger charge is 2.06. The van der Waals surface area contributed by atoms with Gasteiger partial charge in [-0.05, 0) is 0 Å². The van der Waals surface area contributed by atoms with Crippen molar-refractivity contribution >= 4 is 22.7 Å². The molecule has 7 nitrogen and oxygen atoms in total. The summed E-state index contributed by atoms with van der Waals surface area (Å²) in [6, 6.07) is 1.87. The standard InChI is InChI=1S/C9H9N7/c1-16-3-2-7(15-16)13-8-6-4-12-14-9(6)11-5-10-8/h2-5H,1H3,(H2,10,11,12,13,14,15). The minimum atomic E-state index is 0.692. The van der Waals surface area contributed by atoms with Crippen molar-refractivity contribution in [2.75, 3.05) is 5.32 Å². The van der Waals surface area contributed by atoms with Crippen molar-refractivity contribution in [3.63, 3.8) is 0 Å². The molecule has 0 saturated heterocycles. The van der Waals surface area contributed by atoms with Crippen LogP contribution in [0.15, 0.2) is 24.8 Å². The number of nitrogens with one attached hydrogen (secondary N) is 2. The number of fused-ring (bicyclic) bond motifs is 1. The Kier molecular flexibility index (Phi) is 1.82. The summed E-state index contributed by atoms with van der Waals surface area (Å²) in [5, 5.41) is 14.9. The second kappa shape index (κ2) is 3.30. The highest BCUT2D eigenvalue weighted by molar-refractivity contribution is 5.87. The Morgan fingerprint density at radius 3 is 3.12 bits per heavy atom. The predicted molar refractivity (Wildman–Crippen MR) is 58.2 cm³/mol. The van der Waals surface area contributed by atoms with Crippen LogP contribution in [0.4, 0.5) is 11.6 Å². The Balaban J connectivity index is 2.03. The lowest BCUT2D eigenvalue weighted by molar-refractivity contribution is 0.771. The summed E-state index contributed by atoms with van der Waals surface area (Å²) >= 11 is 0. The summed E-state index contributed by atoms with van der Waals surface area (Å²) in [4.78, 5) is 8.21. The number of hydrogen-bond acceptors (Lipinski definition) is 5. The smallest absolute Gasteiger partial charge is 0.160 e. The van der Waals surface area contributed by atoms with E-state index in [4.69, 9.17) is 0 Å². The van der Waals surface area contributed by atoms with Crippen molar-refractivity contribution in [1.29, 1.82) is 0 Å². The summed E-state index contributed by atoms with van der Waals surface area (Å²) in [5.41, 5.74) is 0.702. The number of aromatic amines is 1. The number of aryl methyl sites for hydroxylation is 1. The normalized spacial score (nSPS) is 10.8. The molecule has 3 aromatic rings. The summed E-state index contributed by atoms with van der Waals surface area (Å²) in [5.74, 6) is 1.43. The topological polar surface area (TPSA) is 84.3 Å². The number of hydrogen-bond donors (Lipinski definition) is 2. The second-order valence-corrected chi connectivity index (χ2v) is 3.35. The molecule has 0 bridgehead atoms. The van der Waals surface area contributed by atoms with Crippen LogP contribution in [-0.2, 0) is 7.05 Å². The molecule has 0 atom stereocenters. The van der Waals surface area contributed by atoms with Gasteiger partial charge in [-0.1, -0.05) is 0 Å². The van der Waals surface area contributed by atoms with Crippen LogP contribution in [0, 0.1) is 0 Å². The zero-order valence-corrected chi connectivity index (χ0v) is 8.55. The highest BCUT2D eigenvalue weighted by atomic mass is 15.3. The Morgan fingerprint density at radius 2 is 2.31 bits per heavy atom. The van der Waals surface area contributed by atoms with Crippen molar-refractivity contribution in [3.05, 3.63) is 24.8 Å². The maximum atomic E-state index is 4.21. The first-order valence-electron chi connectivity index (χ1n) is 4.74. The second-order valence-electron chi connectivity index (χ2n) is 3.35. The van der Waals surface area contributed by atoms with Crippen molar-refractivity contribution in [1.82, 2.24) is 29.9 Å². The van der Waals surface area contributed by atoms with E-state index in [1.807, 2.05) is 19.3 Å². The van der Waals surface area contributed by atoms with Crippen LogP contribution >= 0.6 is 0 Å². The minimum Gasteiger partial charge on any atom is -0.323 e. The number of rotatable bonds is 2. The fraction of sp³-hybridized carbons (Fsp3) is 0.111. The lowest BCUT2D eigenvalue weighted by Gasteiger charge is -2.01. The number of nitrogens with zero attached hydrogens (tertiary/aromatic N) is 5. The molecule has 7 heteroatoms. The third kappa shape index (κ3) is 1.38. The Morgan fingerprint density at radius 1 is 1.38 bits per heavy atom. The van der Waals surface area contributed by atoms with Gasteiger partial charge in [-0.3, -0.25) is 9.78 Å². The molecule has 0 aliphatic carbocycles. The van der Waals surface area contributed by atoms with E-state index >= 15 is 0 Å². The first-order valence-corrected chi connectivity index (χ1v) is 4.74. The van der Waals surface area contributed by atoms with Crippen molar-refractivity contribution in [3.8, 4) is 0 Å². The van der Waals surface area contributed by atoms with Crippen molar-refractivity contribution in [2.45, 2.75) is 0 Å². The number of anilines is 2. The van der Waals surface area contributed by atoms with Crippen molar-refractivity contribution < 1.29 is 0 Å². The van der Waals surface area contributed by atoms with Gasteiger partial charge in [0.25, 0.3) is 0 Å². The van der Waals surface area contributed by atoms with E-state index in [1.165, 1.54) is 6.33 Å². The van der Waals surface area contributed by atoms with Gasteiger partial charge in [-0.25, -0.2) is 9.97 Å². The number of H-pyrrole nitrogens is 1. The summed E-state index contributed by atoms with van der Waals surface area (Å²) < 4.78 is 1.72. The van der Waals surface area contributed by atoms with Gasteiger partial charge in [-0.15, -0.1) is 0 Å². The minimum absolute atomic E-state index is 0.692. The summed E-state index contributed by atoms with van der Waals surface area (Å²) in [6.45, 7) is 0. The highest BCUT2D eigenvalue weighted by Crippen LogP contribution is 2.19. The van der Waals surface area contributed by atoms with Gasteiger partial charge >= 0.3 is 0 Å². The van der Waals surface area contributed by atoms with Crippen LogP contribution in [0.2, 0.25) is 0 Å². The van der Waals surface area contributed by atoms with E-state index in [-0.39, 0.29) is 0 Å². The van der Waals surface area contributed by atoms with Gasteiger partial charge in [0.2, 0.25) is 0 Å². The molecule has 3 aromatic heterocycles. The van der Waals surface area contributed by atoms with E-state index in [2.05, 4.69) is 30.6 Å². The molecule has 0 aliphatic rings. The van der Waals surface area contributed by atoms with Gasteiger partial charge in [0.15, 0.2) is 11.5 Å². The molecule has 3 heterocycles. The molecular weight excluding hydrogens is 206 g/mol. The maximum absolute atomic E-state index is 4.21. The largest absolute Gasteiger partial charge is 0.323 e. The van der Waals surface area contributed by atoms with Crippen LogP contribution in [0.25, 0.3) is 11.0 Å². The van der Waals surface area contributed by atoms with E-state index in [1.54, 1.807) is 10.9 Å². The lowest BCUT2D eigenvalue weighted by Crippen LogP contribution is -1.96. The molecule has 0 amide bonds. The van der Waals surface area contributed by atoms with Gasteiger partial charge in [0.05, 0.1) is 11.6 Å². The molecule has 80 valence electrons. The zero-order valence-electron chi connectivity index (χ0n) is 8.55. The monoisotopic (exact) mass is 215 g/mol. The lowest BCUT2D eigenvalue weighted by atomic mass is 10.4. The van der Waals surface area contributed by atoms with Crippen LogP contribution in [0.3, 0.4) is 0 Å². The molecule has 0 radical (unpaired) electrons. The van der Waals surface area contributed by atoms with Gasteiger partial charge in [-0.2, -0.15) is 10.2 Å². The summed E-state index contributed by atoms with van der Waals surface area (Å²) in [6.07, 6.45) is 5.02. The van der Waals surface area contributed by atoms with E-state index in [0.717, 1.165) is 11.2 Å². The molecular formula is C9H9N7. The molecule has 0 fully saturated rings. The van der Waals surface area contributed by atoms with Crippen molar-refractivity contribution in [2.24, 2.45) is 7.05 Å². The van der Waals surface area contributed by atoms with Crippen LogP contribution < -0.4 is 5.32 Å². The Hall–Kier alpha value is -2.44. The van der Waals surface area contributed by atoms with Gasteiger partial charge < -0.3 is 5.32 Å².